The van der Waals surface area contributed by atoms with Crippen molar-refractivity contribution in [1.82, 2.24) is 5.32 Å². The van der Waals surface area contributed by atoms with Crippen molar-refractivity contribution in [2.75, 3.05) is 6.54 Å². The first-order valence-corrected chi connectivity index (χ1v) is 6.60. The van der Waals surface area contributed by atoms with Gasteiger partial charge in [0.1, 0.15) is 5.82 Å². The fraction of sp³-hybridized carbons (Fsp3) is 0.571. The molecule has 1 rings (SSSR count). The van der Waals surface area contributed by atoms with Crippen molar-refractivity contribution in [3.63, 3.8) is 0 Å². The molecule has 17 heavy (non-hydrogen) atoms. The highest BCUT2D eigenvalue weighted by Gasteiger charge is 2.15. The van der Waals surface area contributed by atoms with Gasteiger partial charge in [0, 0.05) is 11.1 Å². The first kappa shape index (κ1) is 14.5. The maximum absolute atomic E-state index is 13.3. The molecule has 0 spiro atoms. The molecular formula is C14H21ClFN. The molecule has 0 aliphatic carbocycles. The van der Waals surface area contributed by atoms with E-state index in [1.54, 1.807) is 6.07 Å². The molecule has 1 unspecified atom stereocenters. The smallest absolute Gasteiger partial charge is 0.123 e. The molecule has 0 saturated carbocycles. The maximum Gasteiger partial charge on any atom is 0.123 e. The minimum absolute atomic E-state index is 0.144. The van der Waals surface area contributed by atoms with Crippen LogP contribution in [0.5, 0.6) is 0 Å². The number of hydrogen-bond donors (Lipinski definition) is 1. The SMILES string of the molecule is CCNC(CCC(C)C)c1cc(F)ccc1Cl. The fourth-order valence-electron chi connectivity index (χ4n) is 1.90. The van der Waals surface area contributed by atoms with Crippen molar-refractivity contribution in [3.8, 4) is 0 Å². The molecular weight excluding hydrogens is 237 g/mol. The molecule has 0 aliphatic rings. The lowest BCUT2D eigenvalue weighted by molar-refractivity contribution is 0.447. The van der Waals surface area contributed by atoms with Gasteiger partial charge < -0.3 is 5.32 Å². The Hall–Kier alpha value is -0.600. The number of hydrogen-bond acceptors (Lipinski definition) is 1. The normalized spacial score (nSPS) is 13.1. The van der Waals surface area contributed by atoms with Crippen molar-refractivity contribution >= 4 is 11.6 Å². The molecule has 0 aromatic heterocycles. The van der Waals surface area contributed by atoms with Crippen LogP contribution >= 0.6 is 11.6 Å². The van der Waals surface area contributed by atoms with Crippen molar-refractivity contribution in [2.45, 2.75) is 39.7 Å². The van der Waals surface area contributed by atoms with E-state index < -0.39 is 0 Å². The topological polar surface area (TPSA) is 12.0 Å². The van der Waals surface area contributed by atoms with Crippen LogP contribution in [-0.4, -0.2) is 6.54 Å². The molecule has 0 fully saturated rings. The minimum atomic E-state index is -0.225. The predicted molar refractivity (Wildman–Crippen MR) is 71.9 cm³/mol. The van der Waals surface area contributed by atoms with Gasteiger partial charge in [-0.25, -0.2) is 4.39 Å². The summed E-state index contributed by atoms with van der Waals surface area (Å²) in [6.45, 7) is 7.29. The van der Waals surface area contributed by atoms with Gasteiger partial charge in [0.15, 0.2) is 0 Å². The molecule has 1 atom stereocenters. The van der Waals surface area contributed by atoms with Crippen LogP contribution in [0.15, 0.2) is 18.2 Å². The molecule has 1 aromatic carbocycles. The van der Waals surface area contributed by atoms with Gasteiger partial charge in [-0.15, -0.1) is 0 Å². The van der Waals surface area contributed by atoms with Gasteiger partial charge in [-0.3, -0.25) is 0 Å². The summed E-state index contributed by atoms with van der Waals surface area (Å²) in [5.41, 5.74) is 0.870. The van der Waals surface area contributed by atoms with Gasteiger partial charge in [0.05, 0.1) is 0 Å². The Morgan fingerprint density at radius 2 is 2.00 bits per heavy atom. The Labute approximate surface area is 108 Å². The second-order valence-electron chi connectivity index (χ2n) is 4.75. The van der Waals surface area contributed by atoms with E-state index in [1.165, 1.54) is 12.1 Å². The van der Waals surface area contributed by atoms with E-state index in [-0.39, 0.29) is 11.9 Å². The van der Waals surface area contributed by atoms with Crippen LogP contribution in [0.25, 0.3) is 0 Å². The molecule has 1 aromatic rings. The average molecular weight is 258 g/mol. The minimum Gasteiger partial charge on any atom is -0.310 e. The van der Waals surface area contributed by atoms with Crippen LogP contribution in [0.1, 0.15) is 45.2 Å². The third-order valence-electron chi connectivity index (χ3n) is 2.82. The highest BCUT2D eigenvalue weighted by atomic mass is 35.5. The molecule has 0 aliphatic heterocycles. The molecule has 0 saturated heterocycles. The Morgan fingerprint density at radius 1 is 1.29 bits per heavy atom. The van der Waals surface area contributed by atoms with Crippen LogP contribution in [0.2, 0.25) is 5.02 Å². The summed E-state index contributed by atoms with van der Waals surface area (Å²) in [7, 11) is 0. The summed E-state index contributed by atoms with van der Waals surface area (Å²) < 4.78 is 13.3. The zero-order valence-electron chi connectivity index (χ0n) is 10.8. The fourth-order valence-corrected chi connectivity index (χ4v) is 2.14. The summed E-state index contributed by atoms with van der Waals surface area (Å²) in [5, 5.41) is 4.01. The largest absolute Gasteiger partial charge is 0.310 e. The molecule has 3 heteroatoms. The molecule has 1 N–H and O–H groups in total. The second kappa shape index (κ2) is 6.97. The molecule has 0 radical (unpaired) electrons. The lowest BCUT2D eigenvalue weighted by Crippen LogP contribution is -2.21. The van der Waals surface area contributed by atoms with E-state index in [9.17, 15) is 4.39 Å². The van der Waals surface area contributed by atoms with Crippen molar-refractivity contribution in [3.05, 3.63) is 34.6 Å². The van der Waals surface area contributed by atoms with E-state index in [1.807, 2.05) is 0 Å². The van der Waals surface area contributed by atoms with Crippen molar-refractivity contribution < 1.29 is 4.39 Å². The molecule has 96 valence electrons. The standard InChI is InChI=1S/C14H21ClFN/c1-4-17-14(8-5-10(2)3)12-9-11(16)6-7-13(12)15/h6-7,9-10,14,17H,4-5,8H2,1-3H3. The molecule has 0 amide bonds. The zero-order chi connectivity index (χ0) is 12.8. The molecule has 1 nitrogen and oxygen atoms in total. The lowest BCUT2D eigenvalue weighted by atomic mass is 9.97. The highest BCUT2D eigenvalue weighted by Crippen LogP contribution is 2.28. The average Bonchev–Trinajstić information content (AvgIpc) is 2.27. The summed E-state index contributed by atoms with van der Waals surface area (Å²) >= 11 is 6.14. The highest BCUT2D eigenvalue weighted by molar-refractivity contribution is 6.31. The Kier molecular flexibility index (Phi) is 5.93. The van der Waals surface area contributed by atoms with E-state index in [0.29, 0.717) is 10.9 Å². The monoisotopic (exact) mass is 257 g/mol. The molecule has 0 heterocycles. The quantitative estimate of drug-likeness (QED) is 0.787. The van der Waals surface area contributed by atoms with Crippen molar-refractivity contribution in [2.24, 2.45) is 5.92 Å². The van der Waals surface area contributed by atoms with E-state index in [0.717, 1.165) is 24.9 Å². The van der Waals surface area contributed by atoms with E-state index in [2.05, 4.69) is 26.1 Å². The summed E-state index contributed by atoms with van der Waals surface area (Å²) in [5.74, 6) is 0.417. The predicted octanol–water partition coefficient (Wildman–Crippen LogP) is 4.57. The van der Waals surface area contributed by atoms with Crippen LogP contribution in [0.3, 0.4) is 0 Å². The van der Waals surface area contributed by atoms with Crippen LogP contribution < -0.4 is 5.32 Å². The first-order chi connectivity index (χ1) is 8.04. The number of halogens is 2. The summed E-state index contributed by atoms with van der Waals surface area (Å²) in [4.78, 5) is 0. The van der Waals surface area contributed by atoms with Gasteiger partial charge in [-0.2, -0.15) is 0 Å². The summed E-state index contributed by atoms with van der Waals surface area (Å²) in [6, 6.07) is 4.71. The number of rotatable bonds is 6. The first-order valence-electron chi connectivity index (χ1n) is 6.23. The Bertz CT molecular complexity index is 352. The van der Waals surface area contributed by atoms with Gasteiger partial charge in [0.25, 0.3) is 0 Å². The van der Waals surface area contributed by atoms with Gasteiger partial charge in [-0.1, -0.05) is 32.4 Å². The third-order valence-corrected chi connectivity index (χ3v) is 3.16. The van der Waals surface area contributed by atoms with Gasteiger partial charge in [-0.05, 0) is 49.1 Å². The van der Waals surface area contributed by atoms with Crippen LogP contribution in [0, 0.1) is 11.7 Å². The van der Waals surface area contributed by atoms with Gasteiger partial charge in [0.2, 0.25) is 0 Å². The van der Waals surface area contributed by atoms with Crippen LogP contribution in [0.4, 0.5) is 4.39 Å². The number of benzene rings is 1. The lowest BCUT2D eigenvalue weighted by Gasteiger charge is -2.20. The van der Waals surface area contributed by atoms with Crippen molar-refractivity contribution in [1.29, 1.82) is 0 Å². The van der Waals surface area contributed by atoms with Crippen LogP contribution in [-0.2, 0) is 0 Å². The zero-order valence-corrected chi connectivity index (χ0v) is 11.5. The maximum atomic E-state index is 13.3. The Balaban J connectivity index is 2.84. The van der Waals surface area contributed by atoms with E-state index >= 15 is 0 Å². The number of nitrogens with one attached hydrogen (secondary N) is 1. The Morgan fingerprint density at radius 3 is 2.59 bits per heavy atom. The summed E-state index contributed by atoms with van der Waals surface area (Å²) in [6.07, 6.45) is 2.08. The van der Waals surface area contributed by atoms with Gasteiger partial charge >= 0.3 is 0 Å². The third kappa shape index (κ3) is 4.64. The second-order valence-corrected chi connectivity index (χ2v) is 5.15. The molecule has 0 bridgehead atoms. The van der Waals surface area contributed by atoms with E-state index in [4.69, 9.17) is 11.6 Å².